The molecule has 2 heteroatoms. The molecule has 0 spiro atoms. The predicted octanol–water partition coefficient (Wildman–Crippen LogP) is 3.68. The van der Waals surface area contributed by atoms with Gasteiger partial charge in [-0.05, 0) is 42.2 Å². The Labute approximate surface area is 123 Å². The van der Waals surface area contributed by atoms with Gasteiger partial charge in [0.15, 0.2) is 0 Å². The average Bonchev–Trinajstić information content (AvgIpc) is 2.49. The Morgan fingerprint density at radius 3 is 2.65 bits per heavy atom. The van der Waals surface area contributed by atoms with Crippen LogP contribution >= 0.6 is 0 Å². The first-order valence-electron chi connectivity index (χ1n) is 8.29. The first-order chi connectivity index (χ1) is 9.70. The van der Waals surface area contributed by atoms with Crippen LogP contribution in [0, 0.1) is 5.92 Å². The molecule has 110 valence electrons. The standard InChI is InChI=1S/C18H28N2/c1-3-14-12-20(11-10-17(14)19)18-9-8-13(2)15-6-4-5-7-16(15)18/h4-7,13-14,17-18H,3,8-12,19H2,1-2H3. The molecule has 4 atom stereocenters. The van der Waals surface area contributed by atoms with Crippen LogP contribution in [0.15, 0.2) is 24.3 Å². The zero-order valence-corrected chi connectivity index (χ0v) is 12.9. The predicted molar refractivity (Wildman–Crippen MR) is 84.8 cm³/mol. The van der Waals surface area contributed by atoms with Crippen LogP contribution in [0.1, 0.15) is 62.6 Å². The van der Waals surface area contributed by atoms with Gasteiger partial charge in [0.2, 0.25) is 0 Å². The molecular formula is C18H28N2. The molecule has 0 saturated carbocycles. The summed E-state index contributed by atoms with van der Waals surface area (Å²) in [5.74, 6) is 1.40. The van der Waals surface area contributed by atoms with Gasteiger partial charge in [-0.3, -0.25) is 4.90 Å². The minimum Gasteiger partial charge on any atom is -0.327 e. The molecule has 1 aromatic rings. The van der Waals surface area contributed by atoms with Crippen molar-refractivity contribution in [2.45, 2.75) is 57.5 Å². The van der Waals surface area contributed by atoms with E-state index in [4.69, 9.17) is 5.73 Å². The second kappa shape index (κ2) is 5.87. The summed E-state index contributed by atoms with van der Waals surface area (Å²) in [5.41, 5.74) is 9.43. The first kappa shape index (κ1) is 14.1. The van der Waals surface area contributed by atoms with E-state index >= 15 is 0 Å². The lowest BCUT2D eigenvalue weighted by Crippen LogP contribution is -2.48. The lowest BCUT2D eigenvalue weighted by atomic mass is 9.79. The molecule has 3 rings (SSSR count). The normalized spacial score (nSPS) is 34.8. The maximum absolute atomic E-state index is 6.27. The molecule has 2 N–H and O–H groups in total. The van der Waals surface area contributed by atoms with Crippen LogP contribution in [0.5, 0.6) is 0 Å². The van der Waals surface area contributed by atoms with Crippen molar-refractivity contribution in [1.82, 2.24) is 4.90 Å². The van der Waals surface area contributed by atoms with Gasteiger partial charge >= 0.3 is 0 Å². The molecule has 2 nitrogen and oxygen atoms in total. The van der Waals surface area contributed by atoms with E-state index in [1.165, 1.54) is 32.4 Å². The van der Waals surface area contributed by atoms with Gasteiger partial charge in [0, 0.05) is 25.2 Å². The number of hydrogen-bond donors (Lipinski definition) is 1. The van der Waals surface area contributed by atoms with E-state index in [1.54, 1.807) is 11.1 Å². The van der Waals surface area contributed by atoms with E-state index in [0.29, 0.717) is 18.0 Å². The number of piperidine rings is 1. The Kier molecular flexibility index (Phi) is 4.13. The van der Waals surface area contributed by atoms with E-state index in [1.807, 2.05) is 0 Å². The molecule has 0 aromatic heterocycles. The van der Waals surface area contributed by atoms with Crippen molar-refractivity contribution < 1.29 is 0 Å². The third-order valence-corrected chi connectivity index (χ3v) is 5.55. The van der Waals surface area contributed by atoms with Crippen LogP contribution in [-0.2, 0) is 0 Å². The monoisotopic (exact) mass is 272 g/mol. The third-order valence-electron chi connectivity index (χ3n) is 5.55. The van der Waals surface area contributed by atoms with Crippen molar-refractivity contribution in [2.75, 3.05) is 13.1 Å². The maximum Gasteiger partial charge on any atom is 0.0351 e. The number of benzene rings is 1. The summed E-state index contributed by atoms with van der Waals surface area (Å²) in [7, 11) is 0. The topological polar surface area (TPSA) is 29.3 Å². The summed E-state index contributed by atoms with van der Waals surface area (Å²) in [4.78, 5) is 2.71. The number of hydrogen-bond acceptors (Lipinski definition) is 2. The maximum atomic E-state index is 6.27. The summed E-state index contributed by atoms with van der Waals surface area (Å²) >= 11 is 0. The van der Waals surface area contributed by atoms with Crippen molar-refractivity contribution in [2.24, 2.45) is 11.7 Å². The van der Waals surface area contributed by atoms with Gasteiger partial charge in [-0.25, -0.2) is 0 Å². The SMILES string of the molecule is CCC1CN(C2CCC(C)c3ccccc32)CCC1N. The van der Waals surface area contributed by atoms with Crippen molar-refractivity contribution >= 4 is 0 Å². The fourth-order valence-corrected chi connectivity index (χ4v) is 4.15. The summed E-state index contributed by atoms with van der Waals surface area (Å²) < 4.78 is 0. The molecule has 1 aromatic carbocycles. The molecule has 1 aliphatic carbocycles. The van der Waals surface area contributed by atoms with Gasteiger partial charge in [0.05, 0.1) is 0 Å². The van der Waals surface area contributed by atoms with Crippen LogP contribution in [0.25, 0.3) is 0 Å². The van der Waals surface area contributed by atoms with Crippen LogP contribution < -0.4 is 5.73 Å². The number of nitrogens with two attached hydrogens (primary N) is 1. The highest BCUT2D eigenvalue weighted by molar-refractivity contribution is 5.35. The van der Waals surface area contributed by atoms with Gasteiger partial charge < -0.3 is 5.73 Å². The molecule has 0 radical (unpaired) electrons. The highest BCUT2D eigenvalue weighted by Gasteiger charge is 2.33. The van der Waals surface area contributed by atoms with Crippen LogP contribution in [0.2, 0.25) is 0 Å². The highest BCUT2D eigenvalue weighted by Crippen LogP contribution is 2.41. The molecule has 4 unspecified atom stereocenters. The summed E-state index contributed by atoms with van der Waals surface area (Å²) in [5, 5.41) is 0. The Balaban J connectivity index is 1.83. The molecule has 1 aliphatic heterocycles. The number of likely N-dealkylation sites (tertiary alicyclic amines) is 1. The lowest BCUT2D eigenvalue weighted by molar-refractivity contribution is 0.0948. The van der Waals surface area contributed by atoms with Gasteiger partial charge in [0.25, 0.3) is 0 Å². The highest BCUT2D eigenvalue weighted by atomic mass is 15.2. The van der Waals surface area contributed by atoms with Crippen molar-refractivity contribution in [1.29, 1.82) is 0 Å². The lowest BCUT2D eigenvalue weighted by Gasteiger charge is -2.44. The Morgan fingerprint density at radius 1 is 1.15 bits per heavy atom. The molecule has 1 heterocycles. The second-order valence-electron chi connectivity index (χ2n) is 6.74. The molecule has 2 aliphatic rings. The van der Waals surface area contributed by atoms with E-state index < -0.39 is 0 Å². The van der Waals surface area contributed by atoms with Gasteiger partial charge in [-0.2, -0.15) is 0 Å². The Bertz CT molecular complexity index is 456. The van der Waals surface area contributed by atoms with E-state index in [9.17, 15) is 0 Å². The molecule has 0 amide bonds. The quantitative estimate of drug-likeness (QED) is 0.890. The first-order valence-corrected chi connectivity index (χ1v) is 8.29. The molecule has 0 bridgehead atoms. The van der Waals surface area contributed by atoms with E-state index in [2.05, 4.69) is 43.0 Å². The van der Waals surface area contributed by atoms with Crippen LogP contribution in [-0.4, -0.2) is 24.0 Å². The van der Waals surface area contributed by atoms with Crippen molar-refractivity contribution in [3.8, 4) is 0 Å². The average molecular weight is 272 g/mol. The van der Waals surface area contributed by atoms with Gasteiger partial charge in [0.1, 0.15) is 0 Å². The Hall–Kier alpha value is -0.860. The number of fused-ring (bicyclic) bond motifs is 1. The fraction of sp³-hybridized carbons (Fsp3) is 0.667. The third kappa shape index (κ3) is 2.51. The van der Waals surface area contributed by atoms with Crippen molar-refractivity contribution in [3.05, 3.63) is 35.4 Å². The van der Waals surface area contributed by atoms with Gasteiger partial charge in [-0.15, -0.1) is 0 Å². The zero-order valence-electron chi connectivity index (χ0n) is 12.9. The summed E-state index contributed by atoms with van der Waals surface area (Å²) in [6, 6.07) is 10.1. The molecule has 1 saturated heterocycles. The minimum atomic E-state index is 0.411. The second-order valence-corrected chi connectivity index (χ2v) is 6.74. The zero-order chi connectivity index (χ0) is 14.1. The smallest absolute Gasteiger partial charge is 0.0351 e. The summed E-state index contributed by atoms with van der Waals surface area (Å²) in [6.45, 7) is 7.01. The molecule has 1 fully saturated rings. The van der Waals surface area contributed by atoms with Crippen molar-refractivity contribution in [3.63, 3.8) is 0 Å². The van der Waals surface area contributed by atoms with Crippen LogP contribution in [0.4, 0.5) is 0 Å². The molecular weight excluding hydrogens is 244 g/mol. The Morgan fingerprint density at radius 2 is 1.90 bits per heavy atom. The molecule has 20 heavy (non-hydrogen) atoms. The largest absolute Gasteiger partial charge is 0.327 e. The van der Waals surface area contributed by atoms with Crippen LogP contribution in [0.3, 0.4) is 0 Å². The fourth-order valence-electron chi connectivity index (χ4n) is 4.15. The van der Waals surface area contributed by atoms with E-state index in [0.717, 1.165) is 12.3 Å². The number of rotatable bonds is 2. The van der Waals surface area contributed by atoms with Gasteiger partial charge in [-0.1, -0.05) is 44.5 Å². The summed E-state index contributed by atoms with van der Waals surface area (Å²) in [6.07, 6.45) is 5.00. The number of nitrogens with zero attached hydrogens (tertiary/aromatic N) is 1. The minimum absolute atomic E-state index is 0.411. The van der Waals surface area contributed by atoms with E-state index in [-0.39, 0.29) is 0 Å².